The van der Waals surface area contributed by atoms with Gasteiger partial charge in [0.05, 0.1) is 5.56 Å². The highest BCUT2D eigenvalue weighted by atomic mass is 19.1. The third-order valence-corrected chi connectivity index (χ3v) is 3.79. The van der Waals surface area contributed by atoms with E-state index in [1.165, 1.54) is 36.7 Å². The minimum atomic E-state index is -0.345. The molecule has 0 aliphatic carbocycles. The van der Waals surface area contributed by atoms with Gasteiger partial charge in [-0.25, -0.2) is 14.4 Å². The molecule has 1 aliphatic rings. The molecule has 6 nitrogen and oxygen atoms in total. The number of piperazine rings is 1. The normalized spacial score (nSPS) is 15.5. The second kappa shape index (κ2) is 6.70. The summed E-state index contributed by atoms with van der Waals surface area (Å²) in [6, 6.07) is 5.60. The lowest BCUT2D eigenvalue weighted by Crippen LogP contribution is -2.45. The Morgan fingerprint density at radius 2 is 1.70 bits per heavy atom. The lowest BCUT2D eigenvalue weighted by Gasteiger charge is -2.32. The second-order valence-corrected chi connectivity index (χ2v) is 5.52. The van der Waals surface area contributed by atoms with E-state index in [-0.39, 0.29) is 11.7 Å². The molecule has 1 aromatic carbocycles. The Morgan fingerprint density at radius 1 is 1.09 bits per heavy atom. The standard InChI is InChI=1S/C16H18FN5O/c1-21-6-8-22(9-7-21)16-18-10-12(11-19-16)15(23)20-14-4-2-13(17)3-5-14/h2-5,10-11H,6-9H2,1H3,(H,20,23). The maximum absolute atomic E-state index is 12.9. The van der Waals surface area contributed by atoms with Gasteiger partial charge in [0.25, 0.3) is 5.91 Å². The van der Waals surface area contributed by atoms with Gasteiger partial charge in [0, 0.05) is 44.3 Å². The molecule has 0 atom stereocenters. The Kier molecular flexibility index (Phi) is 4.47. The monoisotopic (exact) mass is 315 g/mol. The molecule has 0 radical (unpaired) electrons. The molecule has 1 aliphatic heterocycles. The Hall–Kier alpha value is -2.54. The molecule has 1 fully saturated rings. The predicted octanol–water partition coefficient (Wildman–Crippen LogP) is 1.62. The SMILES string of the molecule is CN1CCN(c2ncc(C(=O)Nc3ccc(F)cc3)cn2)CC1. The molecule has 0 unspecified atom stereocenters. The molecular formula is C16H18FN5O. The number of hydrogen-bond acceptors (Lipinski definition) is 5. The largest absolute Gasteiger partial charge is 0.338 e. The molecule has 120 valence electrons. The van der Waals surface area contributed by atoms with E-state index in [0.29, 0.717) is 17.2 Å². The molecule has 0 saturated carbocycles. The van der Waals surface area contributed by atoms with Crippen LogP contribution in [0.4, 0.5) is 16.0 Å². The van der Waals surface area contributed by atoms with Crippen molar-refractivity contribution in [2.75, 3.05) is 43.4 Å². The van der Waals surface area contributed by atoms with Crippen molar-refractivity contribution in [3.8, 4) is 0 Å². The number of anilines is 2. The third kappa shape index (κ3) is 3.81. The summed E-state index contributed by atoms with van der Waals surface area (Å²) in [5, 5.41) is 2.68. The Labute approximate surface area is 134 Å². The molecule has 2 heterocycles. The first kappa shape index (κ1) is 15.4. The van der Waals surface area contributed by atoms with Crippen molar-refractivity contribution in [1.29, 1.82) is 0 Å². The summed E-state index contributed by atoms with van der Waals surface area (Å²) in [6.07, 6.45) is 3.03. The van der Waals surface area contributed by atoms with Crippen LogP contribution in [0.2, 0.25) is 0 Å². The van der Waals surface area contributed by atoms with Gasteiger partial charge in [0.15, 0.2) is 0 Å². The Morgan fingerprint density at radius 3 is 2.30 bits per heavy atom. The van der Waals surface area contributed by atoms with E-state index in [2.05, 4.69) is 32.1 Å². The summed E-state index contributed by atoms with van der Waals surface area (Å²) in [7, 11) is 2.08. The number of carbonyl (C=O) groups excluding carboxylic acids is 1. The molecule has 2 aromatic rings. The van der Waals surface area contributed by atoms with Crippen LogP contribution in [0.1, 0.15) is 10.4 Å². The number of aromatic nitrogens is 2. The quantitative estimate of drug-likeness (QED) is 0.932. The fourth-order valence-electron chi connectivity index (χ4n) is 2.34. The van der Waals surface area contributed by atoms with Gasteiger partial charge >= 0.3 is 0 Å². The number of nitrogens with one attached hydrogen (secondary N) is 1. The van der Waals surface area contributed by atoms with E-state index in [1.54, 1.807) is 0 Å². The first-order chi connectivity index (χ1) is 11.1. The highest BCUT2D eigenvalue weighted by Crippen LogP contribution is 2.12. The van der Waals surface area contributed by atoms with E-state index in [4.69, 9.17) is 0 Å². The zero-order valence-electron chi connectivity index (χ0n) is 12.9. The molecule has 1 N–H and O–H groups in total. The van der Waals surface area contributed by atoms with Crippen LogP contribution in [-0.4, -0.2) is 54.0 Å². The highest BCUT2D eigenvalue weighted by molar-refractivity contribution is 6.03. The van der Waals surface area contributed by atoms with Crippen LogP contribution in [0, 0.1) is 5.82 Å². The van der Waals surface area contributed by atoms with E-state index in [0.717, 1.165) is 26.2 Å². The summed E-state index contributed by atoms with van der Waals surface area (Å²) in [6.45, 7) is 3.68. The first-order valence-corrected chi connectivity index (χ1v) is 7.44. The Bertz CT molecular complexity index is 666. The molecule has 23 heavy (non-hydrogen) atoms. The van der Waals surface area contributed by atoms with Gasteiger partial charge in [-0.1, -0.05) is 0 Å². The molecule has 0 bridgehead atoms. The average Bonchev–Trinajstić information content (AvgIpc) is 2.58. The van der Waals surface area contributed by atoms with Crippen molar-refractivity contribution in [1.82, 2.24) is 14.9 Å². The minimum Gasteiger partial charge on any atom is -0.338 e. The summed E-state index contributed by atoms with van der Waals surface area (Å²) in [4.78, 5) is 25.0. The lowest BCUT2D eigenvalue weighted by molar-refractivity contribution is 0.102. The zero-order valence-corrected chi connectivity index (χ0v) is 12.9. The smallest absolute Gasteiger partial charge is 0.258 e. The average molecular weight is 315 g/mol. The van der Waals surface area contributed by atoms with E-state index < -0.39 is 0 Å². The summed E-state index contributed by atoms with van der Waals surface area (Å²) in [5.74, 6) is -0.0270. The maximum Gasteiger partial charge on any atom is 0.258 e. The van der Waals surface area contributed by atoms with E-state index in [1.807, 2.05) is 0 Å². The van der Waals surface area contributed by atoms with Crippen molar-refractivity contribution >= 4 is 17.5 Å². The number of amides is 1. The van der Waals surface area contributed by atoms with Crippen molar-refractivity contribution < 1.29 is 9.18 Å². The number of rotatable bonds is 3. The van der Waals surface area contributed by atoms with Crippen LogP contribution >= 0.6 is 0 Å². The van der Waals surface area contributed by atoms with E-state index in [9.17, 15) is 9.18 Å². The molecule has 1 aromatic heterocycles. The predicted molar refractivity (Wildman–Crippen MR) is 86.1 cm³/mol. The van der Waals surface area contributed by atoms with Crippen molar-refractivity contribution in [2.45, 2.75) is 0 Å². The Balaban J connectivity index is 1.64. The van der Waals surface area contributed by atoms with Crippen molar-refractivity contribution in [3.63, 3.8) is 0 Å². The molecular weight excluding hydrogens is 297 g/mol. The summed E-state index contributed by atoms with van der Waals surface area (Å²) >= 11 is 0. The van der Waals surface area contributed by atoms with Gasteiger partial charge in [0.2, 0.25) is 5.95 Å². The van der Waals surface area contributed by atoms with Crippen LogP contribution in [0.3, 0.4) is 0 Å². The number of benzene rings is 1. The lowest BCUT2D eigenvalue weighted by atomic mass is 10.2. The van der Waals surface area contributed by atoms with Crippen molar-refractivity contribution in [2.24, 2.45) is 0 Å². The van der Waals surface area contributed by atoms with Gasteiger partial charge in [-0.15, -0.1) is 0 Å². The number of likely N-dealkylation sites (N-methyl/N-ethyl adjacent to an activating group) is 1. The number of nitrogens with zero attached hydrogens (tertiary/aromatic N) is 4. The molecule has 7 heteroatoms. The van der Waals surface area contributed by atoms with Crippen LogP contribution in [-0.2, 0) is 0 Å². The number of hydrogen-bond donors (Lipinski definition) is 1. The zero-order chi connectivity index (χ0) is 16.2. The molecule has 1 amide bonds. The maximum atomic E-state index is 12.9. The molecule has 3 rings (SSSR count). The third-order valence-electron chi connectivity index (χ3n) is 3.79. The first-order valence-electron chi connectivity index (χ1n) is 7.44. The fourth-order valence-corrected chi connectivity index (χ4v) is 2.34. The van der Waals surface area contributed by atoms with Gasteiger partial charge in [-0.3, -0.25) is 4.79 Å². The van der Waals surface area contributed by atoms with E-state index >= 15 is 0 Å². The molecule has 1 saturated heterocycles. The van der Waals surface area contributed by atoms with Crippen LogP contribution in [0.15, 0.2) is 36.7 Å². The molecule has 0 spiro atoms. The van der Waals surface area contributed by atoms with Gasteiger partial charge in [-0.2, -0.15) is 0 Å². The van der Waals surface area contributed by atoms with Crippen LogP contribution in [0.5, 0.6) is 0 Å². The fraction of sp³-hybridized carbons (Fsp3) is 0.312. The number of halogens is 1. The minimum absolute atomic E-state index is 0.318. The number of carbonyl (C=O) groups is 1. The van der Waals surface area contributed by atoms with Gasteiger partial charge in [-0.05, 0) is 31.3 Å². The highest BCUT2D eigenvalue weighted by Gasteiger charge is 2.17. The van der Waals surface area contributed by atoms with Gasteiger partial charge < -0.3 is 15.1 Å². The van der Waals surface area contributed by atoms with Crippen molar-refractivity contribution in [3.05, 3.63) is 48.0 Å². The topological polar surface area (TPSA) is 61.4 Å². The second-order valence-electron chi connectivity index (χ2n) is 5.52. The summed E-state index contributed by atoms with van der Waals surface area (Å²) < 4.78 is 12.9. The van der Waals surface area contributed by atoms with Gasteiger partial charge in [0.1, 0.15) is 5.82 Å². The van der Waals surface area contributed by atoms with Crippen LogP contribution in [0.25, 0.3) is 0 Å². The van der Waals surface area contributed by atoms with Crippen LogP contribution < -0.4 is 10.2 Å². The summed E-state index contributed by atoms with van der Waals surface area (Å²) in [5.41, 5.74) is 0.895.